The Morgan fingerprint density at radius 3 is 2.79 bits per heavy atom. The molecule has 0 atom stereocenters. The first-order valence-electron chi connectivity index (χ1n) is 5.82. The summed E-state index contributed by atoms with van der Waals surface area (Å²) in [6.45, 7) is 4.57. The van der Waals surface area contributed by atoms with Crippen molar-refractivity contribution in [3.8, 4) is 11.4 Å². The van der Waals surface area contributed by atoms with Gasteiger partial charge in [-0.15, -0.1) is 10.2 Å². The highest BCUT2D eigenvalue weighted by molar-refractivity contribution is 7.99. The number of carbonyl (C=O) groups is 1. The monoisotopic (exact) mass is 278 g/mol. The van der Waals surface area contributed by atoms with Crippen LogP contribution in [0.2, 0.25) is 0 Å². The van der Waals surface area contributed by atoms with Crippen LogP contribution >= 0.6 is 11.8 Å². The summed E-state index contributed by atoms with van der Waals surface area (Å²) in [6.07, 6.45) is 1.75. The van der Waals surface area contributed by atoms with E-state index in [4.69, 9.17) is 5.11 Å². The highest BCUT2D eigenvalue weighted by Crippen LogP contribution is 2.23. The lowest BCUT2D eigenvalue weighted by Gasteiger charge is -2.06. The van der Waals surface area contributed by atoms with E-state index in [9.17, 15) is 4.79 Å². The molecule has 19 heavy (non-hydrogen) atoms. The Kier molecular flexibility index (Phi) is 4.16. The number of carboxylic acids is 1. The number of hydrogen-bond donors (Lipinski definition) is 1. The zero-order valence-electron chi connectivity index (χ0n) is 10.7. The number of aryl methyl sites for hydroxylation is 1. The molecular weight excluding hydrogens is 264 g/mol. The summed E-state index contributed by atoms with van der Waals surface area (Å²) in [6, 6.07) is 3.85. The average molecular weight is 278 g/mol. The van der Waals surface area contributed by atoms with E-state index in [1.54, 1.807) is 6.20 Å². The van der Waals surface area contributed by atoms with Crippen molar-refractivity contribution < 1.29 is 9.90 Å². The summed E-state index contributed by atoms with van der Waals surface area (Å²) < 4.78 is 1.89. The third-order valence-electron chi connectivity index (χ3n) is 2.53. The van der Waals surface area contributed by atoms with Crippen LogP contribution in [0.25, 0.3) is 11.4 Å². The Hall–Kier alpha value is -1.89. The Morgan fingerprint density at radius 1 is 1.42 bits per heavy atom. The number of carboxylic acid groups (broad SMARTS) is 1. The van der Waals surface area contributed by atoms with Crippen molar-refractivity contribution in [2.75, 3.05) is 5.75 Å². The molecule has 0 aliphatic carbocycles. The fraction of sp³-hybridized carbons (Fsp3) is 0.333. The summed E-state index contributed by atoms with van der Waals surface area (Å²) in [7, 11) is 0. The summed E-state index contributed by atoms with van der Waals surface area (Å²) in [5.74, 6) is -0.179. The van der Waals surface area contributed by atoms with Crippen molar-refractivity contribution in [1.29, 1.82) is 0 Å². The Labute approximate surface area is 114 Å². The van der Waals surface area contributed by atoms with E-state index in [1.807, 2.05) is 30.5 Å². The molecule has 0 unspecified atom stereocenters. The number of thioether (sulfide) groups is 1. The predicted molar refractivity (Wildman–Crippen MR) is 72.0 cm³/mol. The summed E-state index contributed by atoms with van der Waals surface area (Å²) >= 11 is 1.17. The number of nitrogens with zero attached hydrogens (tertiary/aromatic N) is 4. The van der Waals surface area contributed by atoms with Crippen molar-refractivity contribution in [2.24, 2.45) is 0 Å². The van der Waals surface area contributed by atoms with Gasteiger partial charge in [-0.3, -0.25) is 9.78 Å². The van der Waals surface area contributed by atoms with Crippen LogP contribution in [0.3, 0.4) is 0 Å². The average Bonchev–Trinajstić information content (AvgIpc) is 2.80. The van der Waals surface area contributed by atoms with E-state index in [1.165, 1.54) is 11.8 Å². The first-order valence-corrected chi connectivity index (χ1v) is 6.81. The molecule has 1 N–H and O–H groups in total. The summed E-state index contributed by atoms with van der Waals surface area (Å²) in [5.41, 5.74) is 1.81. The van der Waals surface area contributed by atoms with Crippen LogP contribution < -0.4 is 0 Å². The van der Waals surface area contributed by atoms with Crippen LogP contribution in [0.1, 0.15) is 12.6 Å². The Bertz CT molecular complexity index is 580. The van der Waals surface area contributed by atoms with Gasteiger partial charge in [0, 0.05) is 24.0 Å². The van der Waals surface area contributed by atoms with E-state index >= 15 is 0 Å². The normalized spacial score (nSPS) is 10.6. The zero-order chi connectivity index (χ0) is 13.8. The van der Waals surface area contributed by atoms with Crippen molar-refractivity contribution in [3.63, 3.8) is 0 Å². The van der Waals surface area contributed by atoms with Crippen LogP contribution in [0.4, 0.5) is 0 Å². The second-order valence-corrected chi connectivity index (χ2v) is 4.86. The molecule has 0 spiro atoms. The van der Waals surface area contributed by atoms with Crippen molar-refractivity contribution >= 4 is 17.7 Å². The van der Waals surface area contributed by atoms with Crippen LogP contribution in [0.5, 0.6) is 0 Å². The molecule has 0 radical (unpaired) electrons. The standard InChI is InChI=1S/C12H14N4O2S/c1-3-16-11(9-5-4-8(2)13-6-9)14-15-12(16)19-7-10(17)18/h4-6H,3,7H2,1-2H3,(H,17,18). The third kappa shape index (κ3) is 3.11. The fourth-order valence-corrected chi connectivity index (χ4v) is 2.34. The number of aromatic nitrogens is 4. The first kappa shape index (κ1) is 13.5. The number of hydrogen-bond acceptors (Lipinski definition) is 5. The van der Waals surface area contributed by atoms with Gasteiger partial charge in [0.25, 0.3) is 0 Å². The van der Waals surface area contributed by atoms with E-state index in [2.05, 4.69) is 15.2 Å². The van der Waals surface area contributed by atoms with Gasteiger partial charge in [-0.05, 0) is 26.0 Å². The molecule has 2 aromatic rings. The third-order valence-corrected chi connectivity index (χ3v) is 3.48. The summed E-state index contributed by atoms with van der Waals surface area (Å²) in [5, 5.41) is 17.5. The molecule has 0 fully saturated rings. The van der Waals surface area contributed by atoms with E-state index in [0.717, 1.165) is 11.3 Å². The maximum absolute atomic E-state index is 10.6. The van der Waals surface area contributed by atoms with Crippen molar-refractivity contribution in [1.82, 2.24) is 19.7 Å². The lowest BCUT2D eigenvalue weighted by atomic mass is 10.2. The first-order chi connectivity index (χ1) is 9.11. The maximum atomic E-state index is 10.6. The SMILES string of the molecule is CCn1c(SCC(=O)O)nnc1-c1ccc(C)nc1. The van der Waals surface area contributed by atoms with Crippen LogP contribution in [0.15, 0.2) is 23.5 Å². The second-order valence-electron chi connectivity index (χ2n) is 3.92. The molecule has 6 nitrogen and oxygen atoms in total. The largest absolute Gasteiger partial charge is 0.481 e. The zero-order valence-corrected chi connectivity index (χ0v) is 11.5. The van der Waals surface area contributed by atoms with E-state index in [0.29, 0.717) is 17.5 Å². The molecule has 0 saturated carbocycles. The van der Waals surface area contributed by atoms with Gasteiger partial charge in [0.1, 0.15) is 0 Å². The lowest BCUT2D eigenvalue weighted by Crippen LogP contribution is -2.03. The highest BCUT2D eigenvalue weighted by atomic mass is 32.2. The van der Waals surface area contributed by atoms with Crippen LogP contribution in [-0.2, 0) is 11.3 Å². The molecule has 0 aromatic carbocycles. The van der Waals surface area contributed by atoms with E-state index < -0.39 is 5.97 Å². The Balaban J connectivity index is 2.31. The molecule has 2 heterocycles. The quantitative estimate of drug-likeness (QED) is 0.841. The lowest BCUT2D eigenvalue weighted by molar-refractivity contribution is -0.133. The molecule has 0 aliphatic rings. The molecule has 100 valence electrons. The van der Waals surface area contributed by atoms with Crippen molar-refractivity contribution in [3.05, 3.63) is 24.0 Å². The van der Waals surface area contributed by atoms with E-state index in [-0.39, 0.29) is 5.75 Å². The topological polar surface area (TPSA) is 80.9 Å². The maximum Gasteiger partial charge on any atom is 0.313 e. The minimum absolute atomic E-state index is 0.0235. The minimum Gasteiger partial charge on any atom is -0.481 e. The van der Waals surface area contributed by atoms with Gasteiger partial charge >= 0.3 is 5.97 Å². The fourth-order valence-electron chi connectivity index (χ4n) is 1.62. The van der Waals surface area contributed by atoms with Gasteiger partial charge in [0.15, 0.2) is 11.0 Å². The number of rotatable bonds is 5. The van der Waals surface area contributed by atoms with Gasteiger partial charge in [-0.1, -0.05) is 11.8 Å². The molecule has 7 heteroatoms. The number of aliphatic carboxylic acids is 1. The molecule has 0 aliphatic heterocycles. The minimum atomic E-state index is -0.866. The molecular formula is C12H14N4O2S. The van der Waals surface area contributed by atoms with Crippen LogP contribution in [-0.4, -0.2) is 36.6 Å². The molecule has 0 saturated heterocycles. The van der Waals surface area contributed by atoms with Gasteiger partial charge in [-0.25, -0.2) is 0 Å². The Morgan fingerprint density at radius 2 is 2.21 bits per heavy atom. The second kappa shape index (κ2) is 5.83. The number of pyridine rings is 1. The van der Waals surface area contributed by atoms with Crippen LogP contribution in [0, 0.1) is 6.92 Å². The van der Waals surface area contributed by atoms with Gasteiger partial charge in [-0.2, -0.15) is 0 Å². The van der Waals surface area contributed by atoms with Gasteiger partial charge in [0.2, 0.25) is 0 Å². The van der Waals surface area contributed by atoms with Gasteiger partial charge in [0.05, 0.1) is 5.75 Å². The van der Waals surface area contributed by atoms with Gasteiger partial charge < -0.3 is 9.67 Å². The molecule has 2 aromatic heterocycles. The summed E-state index contributed by atoms with van der Waals surface area (Å²) in [4.78, 5) is 14.8. The predicted octanol–water partition coefficient (Wildman–Crippen LogP) is 1.85. The smallest absolute Gasteiger partial charge is 0.313 e. The van der Waals surface area contributed by atoms with Crippen molar-refractivity contribution in [2.45, 2.75) is 25.5 Å². The molecule has 0 amide bonds. The molecule has 2 rings (SSSR count). The highest BCUT2D eigenvalue weighted by Gasteiger charge is 2.14. The molecule has 0 bridgehead atoms.